The van der Waals surface area contributed by atoms with Crippen LogP contribution in [0.5, 0.6) is 0 Å². The Morgan fingerprint density at radius 2 is 0.712 bits per heavy atom. The summed E-state index contributed by atoms with van der Waals surface area (Å²) in [6.07, 6.45) is 0. The normalized spacial score (nSPS) is 11.6. The van der Waals surface area contributed by atoms with Crippen LogP contribution in [-0.4, -0.2) is 19.1 Å². The molecule has 10 aromatic carbocycles. The van der Waals surface area contributed by atoms with Gasteiger partial charge < -0.3 is 9.13 Å². The Hall–Kier alpha value is -8.86. The van der Waals surface area contributed by atoms with Crippen LogP contribution in [0.3, 0.4) is 0 Å². The van der Waals surface area contributed by atoms with Crippen LogP contribution in [0.4, 0.5) is 0 Å². The largest absolute Gasteiger partial charge is 0.309 e. The molecule has 13 rings (SSSR count). The van der Waals surface area contributed by atoms with E-state index in [0.717, 1.165) is 33.8 Å². The van der Waals surface area contributed by atoms with Crippen molar-refractivity contribution in [2.45, 2.75) is 0 Å². The highest BCUT2D eigenvalue weighted by atomic mass is 15.0. The van der Waals surface area contributed by atoms with Crippen molar-refractivity contribution in [1.82, 2.24) is 19.1 Å². The lowest BCUT2D eigenvalue weighted by atomic mass is 9.98. The molecule has 13 aromatic rings. The number of fused-ring (bicyclic) bond motifs is 7. The molecule has 0 atom stereocenters. The molecule has 3 heterocycles. The molecule has 4 heteroatoms. The summed E-state index contributed by atoms with van der Waals surface area (Å²) in [5.41, 5.74) is 16.7. The maximum Gasteiger partial charge on any atom is 0.160 e. The summed E-state index contributed by atoms with van der Waals surface area (Å²) >= 11 is 0. The van der Waals surface area contributed by atoms with Gasteiger partial charge in [0.2, 0.25) is 0 Å². The molecule has 0 aliphatic heterocycles. The second kappa shape index (κ2) is 15.4. The molecule has 0 N–H and O–H groups in total. The van der Waals surface area contributed by atoms with Crippen LogP contribution in [0.15, 0.2) is 243 Å². The highest BCUT2D eigenvalue weighted by Crippen LogP contribution is 2.39. The van der Waals surface area contributed by atoms with Crippen LogP contribution in [0, 0.1) is 0 Å². The molecule has 0 unspecified atom stereocenters. The van der Waals surface area contributed by atoms with E-state index in [0.29, 0.717) is 5.82 Å². The van der Waals surface area contributed by atoms with E-state index in [1.807, 2.05) is 18.2 Å². The van der Waals surface area contributed by atoms with Gasteiger partial charge in [-0.1, -0.05) is 176 Å². The van der Waals surface area contributed by atoms with Gasteiger partial charge in [-0.15, -0.1) is 0 Å². The molecule has 308 valence electrons. The van der Waals surface area contributed by atoms with Crippen LogP contribution >= 0.6 is 0 Å². The predicted octanol–water partition coefficient (Wildman–Crippen LogP) is 16.2. The molecular formula is C62H40N4. The Bertz CT molecular complexity index is 3950. The minimum atomic E-state index is 0.706. The van der Waals surface area contributed by atoms with Crippen molar-refractivity contribution >= 4 is 54.4 Å². The van der Waals surface area contributed by atoms with Gasteiger partial charge in [-0.3, -0.25) is 0 Å². The van der Waals surface area contributed by atoms with E-state index in [-0.39, 0.29) is 0 Å². The van der Waals surface area contributed by atoms with Crippen LogP contribution in [0.1, 0.15) is 0 Å². The summed E-state index contributed by atoms with van der Waals surface area (Å²) in [5.74, 6) is 0.706. The van der Waals surface area contributed by atoms with Gasteiger partial charge in [0.25, 0.3) is 0 Å². The molecule has 0 bridgehead atoms. The lowest BCUT2D eigenvalue weighted by Crippen LogP contribution is -1.97. The van der Waals surface area contributed by atoms with Crippen molar-refractivity contribution in [3.05, 3.63) is 243 Å². The van der Waals surface area contributed by atoms with Crippen molar-refractivity contribution in [3.63, 3.8) is 0 Å². The van der Waals surface area contributed by atoms with E-state index < -0.39 is 0 Å². The minimum Gasteiger partial charge on any atom is -0.309 e. The van der Waals surface area contributed by atoms with Crippen LogP contribution in [0.25, 0.3) is 122 Å². The van der Waals surface area contributed by atoms with E-state index in [1.165, 1.54) is 82.3 Å². The first-order chi connectivity index (χ1) is 32.7. The monoisotopic (exact) mass is 840 g/mol. The van der Waals surface area contributed by atoms with Gasteiger partial charge in [-0.2, -0.15) is 0 Å². The molecule has 0 saturated carbocycles. The lowest BCUT2D eigenvalue weighted by molar-refractivity contribution is 1.17. The number of hydrogen-bond donors (Lipinski definition) is 0. The smallest absolute Gasteiger partial charge is 0.160 e. The number of benzene rings is 10. The van der Waals surface area contributed by atoms with Gasteiger partial charge in [0.15, 0.2) is 5.82 Å². The van der Waals surface area contributed by atoms with Gasteiger partial charge >= 0.3 is 0 Å². The number of hydrogen-bond acceptors (Lipinski definition) is 2. The zero-order chi connectivity index (χ0) is 43.6. The number of aromatic nitrogens is 4. The Labute approximate surface area is 382 Å². The fourth-order valence-corrected chi connectivity index (χ4v) is 9.97. The average Bonchev–Trinajstić information content (AvgIpc) is 3.91. The molecule has 3 aromatic heterocycles. The second-order valence-corrected chi connectivity index (χ2v) is 17.0. The molecule has 0 radical (unpaired) electrons. The summed E-state index contributed by atoms with van der Waals surface area (Å²) in [5, 5.41) is 7.31. The average molecular weight is 841 g/mol. The molecule has 0 amide bonds. The summed E-state index contributed by atoms with van der Waals surface area (Å²) < 4.78 is 4.74. The molecular weight excluding hydrogens is 801 g/mol. The third kappa shape index (κ3) is 6.30. The van der Waals surface area contributed by atoms with Gasteiger partial charge in [0.05, 0.1) is 33.5 Å². The molecule has 0 aliphatic carbocycles. The number of nitrogens with zero attached hydrogens (tertiary/aromatic N) is 4. The van der Waals surface area contributed by atoms with E-state index in [2.05, 4.69) is 234 Å². The van der Waals surface area contributed by atoms with Crippen LogP contribution < -0.4 is 0 Å². The standard InChI is InChI=1S/C62H40N4/c1-3-15-45(16-4-1)62-63-56(40-57(64-62)51-23-13-17-43-14-7-8-20-50(43)51)44-30-34-49(35-31-44)66-59-25-12-10-22-53(59)55-39-47(33-37-61(55)66)42-28-26-41(27-29-42)46-32-36-60-54(38-46)52-21-9-11-24-58(52)65(60)48-18-5-2-6-19-48/h1-40H. The van der Waals surface area contributed by atoms with Crippen molar-refractivity contribution in [3.8, 4) is 67.5 Å². The van der Waals surface area contributed by atoms with E-state index in [9.17, 15) is 0 Å². The first-order valence-corrected chi connectivity index (χ1v) is 22.5. The quantitative estimate of drug-likeness (QED) is 0.160. The molecule has 0 saturated heterocycles. The maximum absolute atomic E-state index is 5.15. The molecule has 0 fully saturated rings. The zero-order valence-corrected chi connectivity index (χ0v) is 35.9. The topological polar surface area (TPSA) is 35.6 Å². The molecule has 66 heavy (non-hydrogen) atoms. The molecule has 0 aliphatic rings. The molecule has 0 spiro atoms. The lowest BCUT2D eigenvalue weighted by Gasteiger charge is -2.12. The maximum atomic E-state index is 5.15. The zero-order valence-electron chi connectivity index (χ0n) is 35.9. The fraction of sp³-hybridized carbons (Fsp3) is 0. The summed E-state index contributed by atoms with van der Waals surface area (Å²) in [6, 6.07) is 86.9. The Kier molecular flexibility index (Phi) is 8.81. The summed E-state index contributed by atoms with van der Waals surface area (Å²) in [4.78, 5) is 10.3. The first kappa shape index (κ1) is 37.7. The Morgan fingerprint density at radius 1 is 0.258 bits per heavy atom. The Morgan fingerprint density at radius 3 is 1.33 bits per heavy atom. The second-order valence-electron chi connectivity index (χ2n) is 17.0. The van der Waals surface area contributed by atoms with Crippen molar-refractivity contribution in [1.29, 1.82) is 0 Å². The minimum absolute atomic E-state index is 0.706. The van der Waals surface area contributed by atoms with E-state index in [4.69, 9.17) is 9.97 Å². The van der Waals surface area contributed by atoms with E-state index >= 15 is 0 Å². The van der Waals surface area contributed by atoms with Crippen LogP contribution in [0.2, 0.25) is 0 Å². The van der Waals surface area contributed by atoms with Crippen molar-refractivity contribution in [2.75, 3.05) is 0 Å². The first-order valence-electron chi connectivity index (χ1n) is 22.5. The van der Waals surface area contributed by atoms with Crippen molar-refractivity contribution in [2.24, 2.45) is 0 Å². The highest BCUT2D eigenvalue weighted by molar-refractivity contribution is 6.12. The van der Waals surface area contributed by atoms with Gasteiger partial charge in [-0.05, 0) is 99.8 Å². The number of rotatable bonds is 7. The van der Waals surface area contributed by atoms with Gasteiger partial charge in [0, 0.05) is 49.6 Å². The third-order valence-electron chi connectivity index (χ3n) is 13.2. The predicted molar refractivity (Wildman–Crippen MR) is 275 cm³/mol. The van der Waals surface area contributed by atoms with Crippen LogP contribution in [-0.2, 0) is 0 Å². The molecule has 4 nitrogen and oxygen atoms in total. The SMILES string of the molecule is c1ccc(-c2nc(-c3ccc(-n4c5ccccc5c5cc(-c6ccc(-c7ccc8c(c7)c7ccccc7n8-c7ccccc7)cc6)ccc54)cc3)cc(-c3cccc4ccccc34)n2)cc1. The van der Waals surface area contributed by atoms with Gasteiger partial charge in [-0.25, -0.2) is 9.97 Å². The fourth-order valence-electron chi connectivity index (χ4n) is 9.97. The van der Waals surface area contributed by atoms with E-state index in [1.54, 1.807) is 0 Å². The Balaban J connectivity index is 0.849. The number of para-hydroxylation sites is 3. The highest BCUT2D eigenvalue weighted by Gasteiger charge is 2.17. The summed E-state index contributed by atoms with van der Waals surface area (Å²) in [7, 11) is 0. The van der Waals surface area contributed by atoms with Gasteiger partial charge in [0.1, 0.15) is 0 Å². The van der Waals surface area contributed by atoms with Crippen molar-refractivity contribution < 1.29 is 0 Å². The summed E-state index contributed by atoms with van der Waals surface area (Å²) in [6.45, 7) is 0. The third-order valence-corrected chi connectivity index (χ3v) is 13.2.